The molecule has 0 radical (unpaired) electrons. The highest BCUT2D eigenvalue weighted by molar-refractivity contribution is 6.31. The minimum Gasteiger partial charge on any atom is -0.497 e. The van der Waals surface area contributed by atoms with Crippen molar-refractivity contribution >= 4 is 34.2 Å². The Morgan fingerprint density at radius 1 is 0.944 bits per heavy atom. The van der Waals surface area contributed by atoms with Crippen LogP contribution >= 0.6 is 11.6 Å². The van der Waals surface area contributed by atoms with E-state index in [-0.39, 0.29) is 16.8 Å². The van der Waals surface area contributed by atoms with Crippen molar-refractivity contribution in [1.82, 2.24) is 0 Å². The number of anilines is 1. The van der Waals surface area contributed by atoms with E-state index >= 15 is 0 Å². The maximum absolute atomic E-state index is 13.8. The largest absolute Gasteiger partial charge is 0.497 e. The van der Waals surface area contributed by atoms with E-state index in [9.17, 15) is 9.59 Å². The molecule has 1 aliphatic rings. The number of hydrogen-bond donors (Lipinski definition) is 0. The molecule has 36 heavy (non-hydrogen) atoms. The zero-order valence-electron chi connectivity index (χ0n) is 20.0. The Balaban J connectivity index is 1.78. The third kappa shape index (κ3) is 3.95. The van der Waals surface area contributed by atoms with Crippen molar-refractivity contribution in [3.63, 3.8) is 0 Å². The fraction of sp³-hybridized carbons (Fsp3) is 0.214. The standard InChI is InChI=1S/C28H24ClNO6/c1-4-34-22-11-9-16(13-23(22)35-5-2)25-24-26(31)20-14-17(29)10-12-21(20)36-27(24)28(32)30(25)18-7-6-8-19(15-18)33-3/h6-15,25H,4-5H2,1-3H3. The minimum atomic E-state index is -0.769. The zero-order valence-corrected chi connectivity index (χ0v) is 20.8. The van der Waals surface area contributed by atoms with Crippen LogP contribution in [0.1, 0.15) is 41.6 Å². The average molecular weight is 506 g/mol. The van der Waals surface area contributed by atoms with Gasteiger partial charge in [-0.2, -0.15) is 0 Å². The van der Waals surface area contributed by atoms with Crippen LogP contribution in [0, 0.1) is 0 Å². The number of hydrogen-bond acceptors (Lipinski definition) is 6. The number of rotatable bonds is 7. The van der Waals surface area contributed by atoms with E-state index < -0.39 is 11.9 Å². The van der Waals surface area contributed by atoms with Gasteiger partial charge in [0.15, 0.2) is 16.9 Å². The number of ether oxygens (including phenoxy) is 3. The zero-order chi connectivity index (χ0) is 25.4. The lowest BCUT2D eigenvalue weighted by atomic mass is 9.97. The molecule has 184 valence electrons. The number of amides is 1. The summed E-state index contributed by atoms with van der Waals surface area (Å²) >= 11 is 6.18. The van der Waals surface area contributed by atoms with Crippen LogP contribution in [0.2, 0.25) is 5.02 Å². The molecular weight excluding hydrogens is 482 g/mol. The second-order valence-electron chi connectivity index (χ2n) is 8.17. The Morgan fingerprint density at radius 3 is 2.47 bits per heavy atom. The van der Waals surface area contributed by atoms with Crippen LogP contribution in [0.3, 0.4) is 0 Å². The summed E-state index contributed by atoms with van der Waals surface area (Å²) in [7, 11) is 1.56. The molecule has 1 atom stereocenters. The summed E-state index contributed by atoms with van der Waals surface area (Å²) in [5.41, 5.74) is 1.45. The van der Waals surface area contributed by atoms with E-state index in [0.717, 1.165) is 0 Å². The highest BCUT2D eigenvalue weighted by atomic mass is 35.5. The minimum absolute atomic E-state index is 0.00510. The van der Waals surface area contributed by atoms with Crippen LogP contribution in [-0.4, -0.2) is 26.2 Å². The molecule has 5 rings (SSSR count). The summed E-state index contributed by atoms with van der Waals surface area (Å²) in [5.74, 6) is 1.25. The van der Waals surface area contributed by atoms with Crippen LogP contribution in [0.25, 0.3) is 11.0 Å². The van der Waals surface area contributed by atoms with Gasteiger partial charge in [-0.1, -0.05) is 23.7 Å². The van der Waals surface area contributed by atoms with Gasteiger partial charge in [0.2, 0.25) is 5.76 Å². The van der Waals surface area contributed by atoms with Crippen molar-refractivity contribution in [3.05, 3.63) is 92.8 Å². The van der Waals surface area contributed by atoms with Gasteiger partial charge >= 0.3 is 0 Å². The summed E-state index contributed by atoms with van der Waals surface area (Å²) in [5, 5.41) is 0.711. The first-order valence-electron chi connectivity index (χ1n) is 11.6. The normalized spacial score (nSPS) is 14.7. The molecule has 0 spiro atoms. The number of carbonyl (C=O) groups is 1. The highest BCUT2D eigenvalue weighted by Gasteiger charge is 2.44. The molecule has 0 saturated heterocycles. The monoisotopic (exact) mass is 505 g/mol. The van der Waals surface area contributed by atoms with Gasteiger partial charge in [-0.15, -0.1) is 0 Å². The smallest absolute Gasteiger partial charge is 0.295 e. The summed E-state index contributed by atoms with van der Waals surface area (Å²) in [6, 6.07) is 16.5. The summed E-state index contributed by atoms with van der Waals surface area (Å²) in [4.78, 5) is 29.1. The van der Waals surface area contributed by atoms with Gasteiger partial charge in [-0.05, 0) is 61.9 Å². The molecule has 1 unspecified atom stereocenters. The number of benzene rings is 3. The Bertz CT molecular complexity index is 1530. The first-order chi connectivity index (χ1) is 17.5. The average Bonchev–Trinajstić information content (AvgIpc) is 3.18. The molecule has 0 N–H and O–H groups in total. The number of carbonyl (C=O) groups excluding carboxylic acids is 1. The molecule has 0 aliphatic carbocycles. The van der Waals surface area contributed by atoms with Crippen LogP contribution in [0.4, 0.5) is 5.69 Å². The van der Waals surface area contributed by atoms with Crippen molar-refractivity contribution in [2.45, 2.75) is 19.9 Å². The van der Waals surface area contributed by atoms with Crippen molar-refractivity contribution in [3.8, 4) is 17.2 Å². The Labute approximate surface area is 212 Å². The van der Waals surface area contributed by atoms with E-state index in [4.69, 9.17) is 30.2 Å². The van der Waals surface area contributed by atoms with E-state index in [1.807, 2.05) is 19.9 Å². The van der Waals surface area contributed by atoms with Gasteiger partial charge in [0, 0.05) is 16.8 Å². The Kier molecular flexibility index (Phi) is 6.33. The second kappa shape index (κ2) is 9.59. The maximum Gasteiger partial charge on any atom is 0.295 e. The number of nitrogens with zero attached hydrogens (tertiary/aromatic N) is 1. The van der Waals surface area contributed by atoms with E-state index in [1.54, 1.807) is 66.6 Å². The SMILES string of the molecule is CCOc1ccc(C2c3c(oc4ccc(Cl)cc4c3=O)C(=O)N2c2cccc(OC)c2)cc1OCC. The number of methoxy groups -OCH3 is 1. The predicted molar refractivity (Wildman–Crippen MR) is 138 cm³/mol. The lowest BCUT2D eigenvalue weighted by Gasteiger charge is -2.26. The lowest BCUT2D eigenvalue weighted by molar-refractivity contribution is 0.0971. The highest BCUT2D eigenvalue weighted by Crippen LogP contribution is 2.44. The summed E-state index contributed by atoms with van der Waals surface area (Å²) in [6.45, 7) is 4.66. The fourth-order valence-corrected chi connectivity index (χ4v) is 4.70. The van der Waals surface area contributed by atoms with Crippen LogP contribution in [0.5, 0.6) is 17.2 Å². The molecule has 4 aromatic rings. The van der Waals surface area contributed by atoms with E-state index in [1.165, 1.54) is 0 Å². The van der Waals surface area contributed by atoms with E-state index in [0.29, 0.717) is 57.7 Å². The van der Waals surface area contributed by atoms with Crippen molar-refractivity contribution < 1.29 is 23.4 Å². The number of halogens is 1. The van der Waals surface area contributed by atoms with Gasteiger partial charge in [0.25, 0.3) is 5.91 Å². The Morgan fingerprint density at radius 2 is 1.72 bits per heavy atom. The molecule has 3 aromatic carbocycles. The lowest BCUT2D eigenvalue weighted by Crippen LogP contribution is -2.29. The quantitative estimate of drug-likeness (QED) is 0.306. The third-order valence-corrected chi connectivity index (χ3v) is 6.28. The molecule has 0 bridgehead atoms. The molecular formula is C28H24ClNO6. The molecule has 0 saturated carbocycles. The van der Waals surface area contributed by atoms with Crippen LogP contribution in [-0.2, 0) is 0 Å². The molecule has 1 amide bonds. The first kappa shape index (κ1) is 23.8. The third-order valence-electron chi connectivity index (χ3n) is 6.05. The van der Waals surface area contributed by atoms with Crippen LogP contribution in [0.15, 0.2) is 69.9 Å². The van der Waals surface area contributed by atoms with Crippen molar-refractivity contribution in [1.29, 1.82) is 0 Å². The fourth-order valence-electron chi connectivity index (χ4n) is 4.52. The topological polar surface area (TPSA) is 78.2 Å². The van der Waals surface area contributed by atoms with Crippen molar-refractivity contribution in [2.75, 3.05) is 25.2 Å². The summed E-state index contributed by atoms with van der Waals surface area (Å²) < 4.78 is 23.0. The molecule has 1 aromatic heterocycles. The predicted octanol–water partition coefficient (Wildman–Crippen LogP) is 6.00. The second-order valence-corrected chi connectivity index (χ2v) is 8.60. The van der Waals surface area contributed by atoms with Gasteiger partial charge in [-0.3, -0.25) is 14.5 Å². The first-order valence-corrected chi connectivity index (χ1v) is 12.0. The molecule has 0 fully saturated rings. The van der Waals surface area contributed by atoms with Gasteiger partial charge in [0.1, 0.15) is 11.3 Å². The summed E-state index contributed by atoms with van der Waals surface area (Å²) in [6.07, 6.45) is 0. The molecule has 2 heterocycles. The van der Waals surface area contributed by atoms with Crippen LogP contribution < -0.4 is 24.5 Å². The van der Waals surface area contributed by atoms with Gasteiger partial charge in [0.05, 0.1) is 37.3 Å². The molecule has 8 heteroatoms. The van der Waals surface area contributed by atoms with Crippen molar-refractivity contribution in [2.24, 2.45) is 0 Å². The van der Waals surface area contributed by atoms with Gasteiger partial charge < -0.3 is 18.6 Å². The maximum atomic E-state index is 13.8. The number of fused-ring (bicyclic) bond motifs is 2. The molecule has 7 nitrogen and oxygen atoms in total. The Hall–Kier alpha value is -3.97. The van der Waals surface area contributed by atoms with Gasteiger partial charge in [-0.25, -0.2) is 0 Å². The molecule has 1 aliphatic heterocycles. The van der Waals surface area contributed by atoms with E-state index in [2.05, 4.69) is 0 Å².